The molecule has 2 aliphatic rings. The summed E-state index contributed by atoms with van der Waals surface area (Å²) in [6, 6.07) is 8.28. The molecular formula is C19H26BNO3. The molecule has 2 aliphatic heterocycles. The van der Waals surface area contributed by atoms with Gasteiger partial charge in [-0.3, -0.25) is 4.90 Å². The minimum absolute atomic E-state index is 0.342. The van der Waals surface area contributed by atoms with Crippen LogP contribution in [0.2, 0.25) is 0 Å². The zero-order valence-corrected chi connectivity index (χ0v) is 15.0. The molecule has 0 amide bonds. The van der Waals surface area contributed by atoms with Gasteiger partial charge < -0.3 is 14.4 Å². The number of aliphatic hydroxyl groups excluding tert-OH is 1. The second kappa shape index (κ2) is 6.15. The van der Waals surface area contributed by atoms with E-state index in [1.807, 2.05) is 17.0 Å². The molecule has 1 fully saturated rings. The van der Waals surface area contributed by atoms with Gasteiger partial charge in [-0.25, -0.2) is 0 Å². The second-order valence-electron chi connectivity index (χ2n) is 7.52. The Morgan fingerprint density at radius 3 is 2.54 bits per heavy atom. The lowest BCUT2D eigenvalue weighted by molar-refractivity contribution is 0.00578. The average Bonchev–Trinajstić information content (AvgIpc) is 3.10. The number of rotatable bonds is 4. The van der Waals surface area contributed by atoms with Crippen LogP contribution in [0.5, 0.6) is 0 Å². The Bertz CT molecular complexity index is 652. The van der Waals surface area contributed by atoms with Crippen molar-refractivity contribution in [2.45, 2.75) is 45.1 Å². The molecule has 3 rings (SSSR count). The van der Waals surface area contributed by atoms with Gasteiger partial charge >= 0.3 is 7.12 Å². The van der Waals surface area contributed by atoms with Gasteiger partial charge in [0.05, 0.1) is 11.2 Å². The quantitative estimate of drug-likeness (QED) is 0.680. The molecule has 0 spiro atoms. The molecule has 1 N–H and O–H groups in total. The summed E-state index contributed by atoms with van der Waals surface area (Å²) in [6.07, 6.45) is 3.10. The highest BCUT2D eigenvalue weighted by atomic mass is 16.7. The molecule has 1 aromatic carbocycles. The first-order valence-corrected chi connectivity index (χ1v) is 8.43. The minimum Gasteiger partial charge on any atom is -0.399 e. The molecule has 1 saturated heterocycles. The van der Waals surface area contributed by atoms with Crippen LogP contribution in [0.15, 0.2) is 43.0 Å². The standard InChI is InChI=1S/C19H26BNO3/c1-6-17(22)21-11-10-15(13-21)14-8-7-9-16(12-14)20-23-18(2,3)19(4,5)24-20/h6-10,12,17,22H,1,11,13H2,2-5H3. The summed E-state index contributed by atoms with van der Waals surface area (Å²) in [5, 5.41) is 9.90. The molecule has 0 radical (unpaired) electrons. The van der Waals surface area contributed by atoms with Gasteiger partial charge in [-0.1, -0.05) is 36.9 Å². The first-order valence-electron chi connectivity index (χ1n) is 8.43. The summed E-state index contributed by atoms with van der Waals surface area (Å²) in [4.78, 5) is 1.96. The fourth-order valence-electron chi connectivity index (χ4n) is 3.00. The summed E-state index contributed by atoms with van der Waals surface area (Å²) in [5.74, 6) is 0. The molecule has 1 aromatic rings. The third-order valence-corrected chi connectivity index (χ3v) is 5.31. The molecule has 1 atom stereocenters. The first kappa shape index (κ1) is 17.4. The molecule has 0 bridgehead atoms. The van der Waals surface area contributed by atoms with Crippen molar-refractivity contribution in [1.29, 1.82) is 0 Å². The molecule has 0 aromatic heterocycles. The SMILES string of the molecule is C=CC(O)N1CC=C(c2cccc(B3OC(C)(C)C(C)(C)O3)c2)C1. The minimum atomic E-state index is -0.606. The Balaban J connectivity index is 1.78. The van der Waals surface area contributed by atoms with Crippen molar-refractivity contribution < 1.29 is 14.4 Å². The molecule has 5 heteroatoms. The van der Waals surface area contributed by atoms with Gasteiger partial charge in [0.25, 0.3) is 0 Å². The lowest BCUT2D eigenvalue weighted by Gasteiger charge is -2.32. The first-order chi connectivity index (χ1) is 11.2. The third kappa shape index (κ3) is 3.09. The summed E-state index contributed by atoms with van der Waals surface area (Å²) in [5.41, 5.74) is 2.68. The van der Waals surface area contributed by atoms with Crippen LogP contribution < -0.4 is 5.46 Å². The van der Waals surface area contributed by atoms with Crippen LogP contribution >= 0.6 is 0 Å². The van der Waals surface area contributed by atoms with Crippen molar-refractivity contribution in [3.63, 3.8) is 0 Å². The smallest absolute Gasteiger partial charge is 0.399 e. The Morgan fingerprint density at radius 1 is 1.25 bits per heavy atom. The molecule has 0 saturated carbocycles. The van der Waals surface area contributed by atoms with Crippen LogP contribution in [0, 0.1) is 0 Å². The fraction of sp³-hybridized carbons (Fsp3) is 0.474. The number of nitrogens with zero attached hydrogens (tertiary/aromatic N) is 1. The third-order valence-electron chi connectivity index (χ3n) is 5.31. The molecule has 24 heavy (non-hydrogen) atoms. The molecular weight excluding hydrogens is 301 g/mol. The van der Waals surface area contributed by atoms with Gasteiger partial charge in [0, 0.05) is 13.1 Å². The highest BCUT2D eigenvalue weighted by Crippen LogP contribution is 2.36. The van der Waals surface area contributed by atoms with Gasteiger partial charge in [0.15, 0.2) is 0 Å². The lowest BCUT2D eigenvalue weighted by Crippen LogP contribution is -2.41. The maximum Gasteiger partial charge on any atom is 0.494 e. The monoisotopic (exact) mass is 327 g/mol. The number of aliphatic hydroxyl groups is 1. The fourth-order valence-corrected chi connectivity index (χ4v) is 3.00. The van der Waals surface area contributed by atoms with Gasteiger partial charge in [0.2, 0.25) is 0 Å². The van der Waals surface area contributed by atoms with Crippen molar-refractivity contribution in [3.05, 3.63) is 48.6 Å². The van der Waals surface area contributed by atoms with Crippen LogP contribution in [0.3, 0.4) is 0 Å². The second-order valence-corrected chi connectivity index (χ2v) is 7.52. The maximum absolute atomic E-state index is 9.90. The predicted octanol–water partition coefficient (Wildman–Crippen LogP) is 2.19. The molecule has 4 nitrogen and oxygen atoms in total. The topological polar surface area (TPSA) is 41.9 Å². The van der Waals surface area contributed by atoms with Crippen molar-refractivity contribution in [2.24, 2.45) is 0 Å². The molecule has 128 valence electrons. The van der Waals surface area contributed by atoms with Crippen LogP contribution in [0.25, 0.3) is 5.57 Å². The van der Waals surface area contributed by atoms with Crippen molar-refractivity contribution in [1.82, 2.24) is 4.90 Å². The summed E-state index contributed by atoms with van der Waals surface area (Å²) >= 11 is 0. The zero-order valence-electron chi connectivity index (χ0n) is 15.0. The summed E-state index contributed by atoms with van der Waals surface area (Å²) in [6.45, 7) is 13.3. The number of hydrogen-bond donors (Lipinski definition) is 1. The number of hydrogen-bond acceptors (Lipinski definition) is 4. The van der Waals surface area contributed by atoms with Crippen LogP contribution in [0.1, 0.15) is 33.3 Å². The van der Waals surface area contributed by atoms with Gasteiger partial charge in [-0.05, 0) is 50.4 Å². The Kier molecular flexibility index (Phi) is 4.47. The predicted molar refractivity (Wildman–Crippen MR) is 97.9 cm³/mol. The molecule has 2 heterocycles. The van der Waals surface area contributed by atoms with E-state index in [0.29, 0.717) is 6.54 Å². The largest absolute Gasteiger partial charge is 0.494 e. The Hall–Kier alpha value is -1.40. The summed E-state index contributed by atoms with van der Waals surface area (Å²) < 4.78 is 12.3. The highest BCUT2D eigenvalue weighted by molar-refractivity contribution is 6.62. The zero-order chi connectivity index (χ0) is 17.5. The van der Waals surface area contributed by atoms with Gasteiger partial charge in [0.1, 0.15) is 6.23 Å². The van der Waals surface area contributed by atoms with Gasteiger partial charge in [-0.15, -0.1) is 0 Å². The van der Waals surface area contributed by atoms with Gasteiger partial charge in [-0.2, -0.15) is 0 Å². The Morgan fingerprint density at radius 2 is 1.92 bits per heavy atom. The van der Waals surface area contributed by atoms with E-state index in [-0.39, 0.29) is 18.3 Å². The van der Waals surface area contributed by atoms with Crippen LogP contribution in [0.4, 0.5) is 0 Å². The maximum atomic E-state index is 9.90. The van der Waals surface area contributed by atoms with Crippen LogP contribution in [-0.4, -0.2) is 47.6 Å². The van der Waals surface area contributed by atoms with E-state index in [1.165, 1.54) is 5.57 Å². The van der Waals surface area contributed by atoms with Crippen molar-refractivity contribution in [3.8, 4) is 0 Å². The molecule has 0 aliphatic carbocycles. The van der Waals surface area contributed by atoms with E-state index in [1.54, 1.807) is 6.08 Å². The van der Waals surface area contributed by atoms with E-state index >= 15 is 0 Å². The van der Waals surface area contributed by atoms with Crippen molar-refractivity contribution >= 4 is 18.2 Å². The Labute approximate surface area is 144 Å². The molecule has 1 unspecified atom stereocenters. The normalized spacial score (nSPS) is 24.0. The van der Waals surface area contributed by atoms with E-state index in [0.717, 1.165) is 17.6 Å². The van der Waals surface area contributed by atoms with E-state index in [2.05, 4.69) is 52.5 Å². The van der Waals surface area contributed by atoms with Crippen LogP contribution in [-0.2, 0) is 9.31 Å². The van der Waals surface area contributed by atoms with E-state index in [9.17, 15) is 5.11 Å². The lowest BCUT2D eigenvalue weighted by atomic mass is 9.78. The van der Waals surface area contributed by atoms with E-state index < -0.39 is 6.23 Å². The highest BCUT2D eigenvalue weighted by Gasteiger charge is 2.51. The average molecular weight is 327 g/mol. The van der Waals surface area contributed by atoms with E-state index in [4.69, 9.17) is 9.31 Å². The number of benzene rings is 1. The van der Waals surface area contributed by atoms with Crippen molar-refractivity contribution in [2.75, 3.05) is 13.1 Å². The summed E-state index contributed by atoms with van der Waals surface area (Å²) in [7, 11) is -0.355.